The Morgan fingerprint density at radius 2 is 2.31 bits per heavy atom. The Balaban J connectivity index is 2.45. The molecule has 0 amide bonds. The lowest BCUT2D eigenvalue weighted by atomic mass is 10.1. The fourth-order valence-corrected chi connectivity index (χ4v) is 1.84. The van der Waals surface area contributed by atoms with Gasteiger partial charge >= 0.3 is 0 Å². The maximum atomic E-state index is 13.7. The number of carbonyl (C=O) groups is 1. The number of halogens is 1. The summed E-state index contributed by atoms with van der Waals surface area (Å²) in [5.74, 6) is -1.03. The molecule has 0 aliphatic carbocycles. The number of hydrogen-bond donors (Lipinski definition) is 0. The van der Waals surface area contributed by atoms with Gasteiger partial charge < -0.3 is 4.74 Å². The summed E-state index contributed by atoms with van der Waals surface area (Å²) in [6.45, 7) is 0. The highest BCUT2D eigenvalue weighted by atomic mass is 32.1. The van der Waals surface area contributed by atoms with Crippen molar-refractivity contribution >= 4 is 17.1 Å². The van der Waals surface area contributed by atoms with Gasteiger partial charge in [-0.15, -0.1) is 11.3 Å². The molecule has 2 aromatic rings. The minimum absolute atomic E-state index is 0.0229. The van der Waals surface area contributed by atoms with Crippen LogP contribution < -0.4 is 4.74 Å². The molecular formula is C11H8FNO2S. The van der Waals surface area contributed by atoms with Gasteiger partial charge in [-0.1, -0.05) is 6.07 Å². The number of methoxy groups -OCH3 is 1. The molecule has 1 aromatic carbocycles. The van der Waals surface area contributed by atoms with Crippen LogP contribution in [0.2, 0.25) is 0 Å². The Kier molecular flexibility index (Phi) is 2.96. The van der Waals surface area contributed by atoms with Crippen molar-refractivity contribution < 1.29 is 13.9 Å². The molecular weight excluding hydrogens is 229 g/mol. The van der Waals surface area contributed by atoms with Gasteiger partial charge in [0.05, 0.1) is 18.2 Å². The minimum Gasteiger partial charge on any atom is -0.494 e. The number of thiazole rings is 1. The molecule has 5 heteroatoms. The molecule has 16 heavy (non-hydrogen) atoms. The van der Waals surface area contributed by atoms with E-state index in [1.165, 1.54) is 36.1 Å². The summed E-state index contributed by atoms with van der Waals surface area (Å²) in [6, 6.07) is 4.45. The molecule has 0 spiro atoms. The topological polar surface area (TPSA) is 39.2 Å². The van der Waals surface area contributed by atoms with Crippen LogP contribution in [0.5, 0.6) is 5.75 Å². The summed E-state index contributed by atoms with van der Waals surface area (Å²) >= 11 is 1.29. The smallest absolute Gasteiger partial charge is 0.215 e. The van der Waals surface area contributed by atoms with E-state index in [1.807, 2.05) is 0 Å². The molecule has 0 saturated carbocycles. The first-order valence-electron chi connectivity index (χ1n) is 4.49. The van der Waals surface area contributed by atoms with E-state index in [4.69, 9.17) is 4.74 Å². The lowest BCUT2D eigenvalue weighted by molar-refractivity contribution is 0.103. The molecule has 0 radical (unpaired) electrons. The van der Waals surface area contributed by atoms with Gasteiger partial charge in [0.15, 0.2) is 11.6 Å². The van der Waals surface area contributed by atoms with Gasteiger partial charge in [-0.3, -0.25) is 4.79 Å². The third-order valence-corrected chi connectivity index (χ3v) is 2.68. The molecule has 3 nitrogen and oxygen atoms in total. The maximum absolute atomic E-state index is 13.7. The largest absolute Gasteiger partial charge is 0.494 e. The average Bonchev–Trinajstić information content (AvgIpc) is 2.82. The Morgan fingerprint density at radius 3 is 2.94 bits per heavy atom. The summed E-state index contributed by atoms with van der Waals surface area (Å²) in [6.07, 6.45) is 0. The third-order valence-electron chi connectivity index (χ3n) is 2.09. The van der Waals surface area contributed by atoms with Crippen molar-refractivity contribution in [3.8, 4) is 5.75 Å². The first-order valence-corrected chi connectivity index (χ1v) is 5.43. The van der Waals surface area contributed by atoms with Crippen molar-refractivity contribution in [1.82, 2.24) is 4.98 Å². The SMILES string of the molecule is COc1cccc(C(=O)c2cscn2)c1F. The molecule has 0 saturated heterocycles. The van der Waals surface area contributed by atoms with Crippen molar-refractivity contribution in [3.05, 3.63) is 46.2 Å². The molecule has 0 atom stereocenters. The number of rotatable bonds is 3. The molecule has 1 heterocycles. The Bertz CT molecular complexity index is 511. The predicted molar refractivity (Wildman–Crippen MR) is 58.5 cm³/mol. The van der Waals surface area contributed by atoms with Crippen molar-refractivity contribution in [2.75, 3.05) is 7.11 Å². The van der Waals surface area contributed by atoms with Gasteiger partial charge in [-0.2, -0.15) is 0 Å². The highest BCUT2D eigenvalue weighted by Crippen LogP contribution is 2.22. The standard InChI is InChI=1S/C11H8FNO2S/c1-15-9-4-2-3-7(10(9)12)11(14)8-5-16-6-13-8/h2-6H,1H3. The van der Waals surface area contributed by atoms with Crippen LogP contribution >= 0.6 is 11.3 Å². The summed E-state index contributed by atoms with van der Waals surface area (Å²) in [7, 11) is 1.36. The number of carbonyl (C=O) groups excluding carboxylic acids is 1. The van der Waals surface area contributed by atoms with Crippen LogP contribution in [0.15, 0.2) is 29.1 Å². The monoisotopic (exact) mass is 237 g/mol. The zero-order chi connectivity index (χ0) is 11.5. The van der Waals surface area contributed by atoms with E-state index in [1.54, 1.807) is 11.4 Å². The van der Waals surface area contributed by atoms with E-state index in [0.717, 1.165) is 0 Å². The van der Waals surface area contributed by atoms with Crippen molar-refractivity contribution in [2.45, 2.75) is 0 Å². The van der Waals surface area contributed by atoms with Gasteiger partial charge in [0, 0.05) is 5.38 Å². The number of ether oxygens (including phenoxy) is 1. The van der Waals surface area contributed by atoms with E-state index in [-0.39, 0.29) is 17.0 Å². The maximum Gasteiger partial charge on any atom is 0.215 e. The summed E-state index contributed by atoms with van der Waals surface area (Å²) < 4.78 is 18.6. The molecule has 0 fully saturated rings. The zero-order valence-corrected chi connectivity index (χ0v) is 9.25. The van der Waals surface area contributed by atoms with Crippen molar-refractivity contribution in [1.29, 1.82) is 0 Å². The van der Waals surface area contributed by atoms with E-state index in [9.17, 15) is 9.18 Å². The highest BCUT2D eigenvalue weighted by Gasteiger charge is 2.18. The third kappa shape index (κ3) is 1.81. The van der Waals surface area contributed by atoms with Gasteiger partial charge in [-0.05, 0) is 12.1 Å². The Morgan fingerprint density at radius 1 is 1.50 bits per heavy atom. The van der Waals surface area contributed by atoms with E-state index < -0.39 is 11.6 Å². The minimum atomic E-state index is -0.650. The first-order chi connectivity index (χ1) is 7.74. The predicted octanol–water partition coefficient (Wildman–Crippen LogP) is 2.52. The van der Waals surface area contributed by atoms with E-state index >= 15 is 0 Å². The van der Waals surface area contributed by atoms with E-state index in [2.05, 4.69) is 4.98 Å². The molecule has 0 aliphatic heterocycles. The van der Waals surface area contributed by atoms with Gasteiger partial charge in [0.1, 0.15) is 5.69 Å². The molecule has 2 rings (SSSR count). The molecule has 82 valence electrons. The van der Waals surface area contributed by atoms with Gasteiger partial charge in [-0.25, -0.2) is 9.37 Å². The molecule has 0 unspecified atom stereocenters. The lowest BCUT2D eigenvalue weighted by Crippen LogP contribution is -2.05. The second-order valence-corrected chi connectivity index (χ2v) is 3.74. The fourth-order valence-electron chi connectivity index (χ4n) is 1.31. The van der Waals surface area contributed by atoms with Crippen LogP contribution in [0.4, 0.5) is 4.39 Å². The van der Waals surface area contributed by atoms with Gasteiger partial charge in [0.25, 0.3) is 0 Å². The first kappa shape index (κ1) is 10.8. The summed E-state index contributed by atoms with van der Waals surface area (Å²) in [5.41, 5.74) is 1.76. The molecule has 0 aliphatic rings. The van der Waals surface area contributed by atoms with Crippen LogP contribution in [-0.4, -0.2) is 17.9 Å². The Hall–Kier alpha value is -1.75. The fraction of sp³-hybridized carbons (Fsp3) is 0.0909. The van der Waals surface area contributed by atoms with Crippen LogP contribution in [0.3, 0.4) is 0 Å². The summed E-state index contributed by atoms with van der Waals surface area (Å²) in [5, 5.41) is 1.58. The lowest BCUT2D eigenvalue weighted by Gasteiger charge is -2.04. The van der Waals surface area contributed by atoms with Crippen LogP contribution in [0.25, 0.3) is 0 Å². The molecule has 1 aromatic heterocycles. The second-order valence-electron chi connectivity index (χ2n) is 3.02. The zero-order valence-electron chi connectivity index (χ0n) is 8.44. The van der Waals surface area contributed by atoms with Crippen LogP contribution in [0.1, 0.15) is 16.1 Å². The molecule has 0 N–H and O–H groups in total. The van der Waals surface area contributed by atoms with E-state index in [0.29, 0.717) is 0 Å². The normalized spacial score (nSPS) is 10.1. The van der Waals surface area contributed by atoms with Gasteiger partial charge in [0.2, 0.25) is 5.78 Å². The quantitative estimate of drug-likeness (QED) is 0.770. The number of nitrogens with zero attached hydrogens (tertiary/aromatic N) is 1. The summed E-state index contributed by atoms with van der Waals surface area (Å²) in [4.78, 5) is 15.7. The second kappa shape index (κ2) is 4.40. The van der Waals surface area contributed by atoms with Crippen LogP contribution in [-0.2, 0) is 0 Å². The number of benzene rings is 1. The average molecular weight is 237 g/mol. The van der Waals surface area contributed by atoms with Crippen molar-refractivity contribution in [3.63, 3.8) is 0 Å². The van der Waals surface area contributed by atoms with Crippen molar-refractivity contribution in [2.24, 2.45) is 0 Å². The number of ketones is 1. The number of aromatic nitrogens is 1. The number of hydrogen-bond acceptors (Lipinski definition) is 4. The Labute approximate surface area is 95.5 Å². The highest BCUT2D eigenvalue weighted by molar-refractivity contribution is 7.07. The molecule has 0 bridgehead atoms. The van der Waals surface area contributed by atoms with Crippen LogP contribution in [0, 0.1) is 5.82 Å².